The molecule has 0 aliphatic carbocycles. The maximum Gasteiger partial charge on any atom is 0.0295 e. The predicted octanol–water partition coefficient (Wildman–Crippen LogP) is 6.17. The molecule has 106 valence electrons. The molecule has 0 nitrogen and oxygen atoms in total. The Morgan fingerprint density at radius 3 is 2.48 bits per heavy atom. The summed E-state index contributed by atoms with van der Waals surface area (Å²) in [4.78, 5) is 0. The van der Waals surface area contributed by atoms with Gasteiger partial charge in [-0.3, -0.25) is 0 Å². The molecule has 0 saturated carbocycles. The minimum Gasteiger partial charge on any atom is -0.126 e. The van der Waals surface area contributed by atoms with Crippen molar-refractivity contribution >= 4 is 38.3 Å². The van der Waals surface area contributed by atoms with E-state index in [1.54, 1.807) is 0 Å². The van der Waals surface area contributed by atoms with Gasteiger partial charge in [0.25, 0.3) is 0 Å². The van der Waals surface area contributed by atoms with E-state index < -0.39 is 0 Å². The van der Waals surface area contributed by atoms with Crippen molar-refractivity contribution < 1.29 is 0 Å². The zero-order chi connectivity index (χ0) is 14.7. The van der Waals surface area contributed by atoms with Crippen LogP contribution in [0.1, 0.15) is 17.0 Å². The highest BCUT2D eigenvalue weighted by Crippen LogP contribution is 2.28. The van der Waals surface area contributed by atoms with Crippen molar-refractivity contribution in [1.82, 2.24) is 0 Å². The molecular formula is C19H16BrCl. The predicted molar refractivity (Wildman–Crippen MR) is 95.3 cm³/mol. The lowest BCUT2D eigenvalue weighted by molar-refractivity contribution is 0.770. The van der Waals surface area contributed by atoms with Crippen LogP contribution >= 0.6 is 27.5 Å². The van der Waals surface area contributed by atoms with Crippen molar-refractivity contribution in [2.75, 3.05) is 5.88 Å². The van der Waals surface area contributed by atoms with Gasteiger partial charge in [-0.1, -0.05) is 70.5 Å². The molecule has 3 aromatic rings. The Bertz CT molecular complexity index is 746. The second-order valence-electron chi connectivity index (χ2n) is 5.25. The fourth-order valence-electron chi connectivity index (χ4n) is 2.76. The highest BCUT2D eigenvalue weighted by atomic mass is 79.9. The molecule has 1 unspecified atom stereocenters. The monoisotopic (exact) mass is 358 g/mol. The third-order valence-corrected chi connectivity index (χ3v) is 4.72. The molecule has 3 rings (SSSR count). The zero-order valence-corrected chi connectivity index (χ0v) is 13.9. The first-order chi connectivity index (χ1) is 10.3. The van der Waals surface area contributed by atoms with Crippen molar-refractivity contribution in [3.63, 3.8) is 0 Å². The van der Waals surface area contributed by atoms with Gasteiger partial charge in [0.05, 0.1) is 0 Å². The molecule has 0 saturated heterocycles. The van der Waals surface area contributed by atoms with Crippen molar-refractivity contribution in [3.05, 3.63) is 82.3 Å². The number of alkyl halides is 1. The molecule has 0 spiro atoms. The Morgan fingerprint density at radius 2 is 1.67 bits per heavy atom. The van der Waals surface area contributed by atoms with E-state index in [9.17, 15) is 0 Å². The number of hydrogen-bond acceptors (Lipinski definition) is 0. The maximum absolute atomic E-state index is 6.24. The van der Waals surface area contributed by atoms with E-state index in [1.165, 1.54) is 21.9 Å². The maximum atomic E-state index is 6.24. The van der Waals surface area contributed by atoms with Gasteiger partial charge in [0.2, 0.25) is 0 Å². The topological polar surface area (TPSA) is 0 Å². The first-order valence-electron chi connectivity index (χ1n) is 7.06. The van der Waals surface area contributed by atoms with E-state index in [4.69, 9.17) is 11.6 Å². The third kappa shape index (κ3) is 3.30. The van der Waals surface area contributed by atoms with E-state index in [2.05, 4.69) is 76.6 Å². The van der Waals surface area contributed by atoms with Crippen LogP contribution in [0.25, 0.3) is 10.8 Å². The Hall–Kier alpha value is -1.31. The van der Waals surface area contributed by atoms with Gasteiger partial charge in [-0.15, -0.1) is 11.6 Å². The number of rotatable bonds is 4. The average Bonchev–Trinajstić information content (AvgIpc) is 2.52. The van der Waals surface area contributed by atoms with E-state index in [1.807, 2.05) is 6.07 Å². The molecule has 0 radical (unpaired) electrons. The smallest absolute Gasteiger partial charge is 0.0295 e. The molecule has 0 aliphatic heterocycles. The summed E-state index contributed by atoms with van der Waals surface area (Å²) in [6.45, 7) is 0. The Morgan fingerprint density at radius 1 is 0.905 bits per heavy atom. The third-order valence-electron chi connectivity index (χ3n) is 3.85. The number of fused-ring (bicyclic) bond motifs is 1. The Balaban J connectivity index is 1.96. The van der Waals surface area contributed by atoms with Gasteiger partial charge in [-0.25, -0.2) is 0 Å². The largest absolute Gasteiger partial charge is 0.126 e. The zero-order valence-electron chi connectivity index (χ0n) is 11.6. The highest BCUT2D eigenvalue weighted by molar-refractivity contribution is 9.10. The summed E-state index contributed by atoms with van der Waals surface area (Å²) in [7, 11) is 0. The molecule has 2 heteroatoms. The van der Waals surface area contributed by atoms with Crippen molar-refractivity contribution in [2.24, 2.45) is 0 Å². The fourth-order valence-corrected chi connectivity index (χ4v) is 3.46. The van der Waals surface area contributed by atoms with Crippen LogP contribution in [0.5, 0.6) is 0 Å². The fraction of sp³-hybridized carbons (Fsp3) is 0.158. The standard InChI is InChI=1S/C19H16BrCl/c20-18-9-4-7-15(12-18)17(13-21)11-16-8-3-6-14-5-1-2-10-19(14)16/h1-10,12,17H,11,13H2. The van der Waals surface area contributed by atoms with Crippen molar-refractivity contribution in [2.45, 2.75) is 12.3 Å². The van der Waals surface area contributed by atoms with Crippen LogP contribution in [0.3, 0.4) is 0 Å². The number of benzene rings is 3. The van der Waals surface area contributed by atoms with Gasteiger partial charge in [0.1, 0.15) is 0 Å². The van der Waals surface area contributed by atoms with Gasteiger partial charge in [0, 0.05) is 16.3 Å². The van der Waals surface area contributed by atoms with Crippen LogP contribution in [0.4, 0.5) is 0 Å². The summed E-state index contributed by atoms with van der Waals surface area (Å²) in [6, 6.07) is 23.5. The SMILES string of the molecule is ClCC(Cc1cccc2ccccc12)c1cccc(Br)c1. The summed E-state index contributed by atoms with van der Waals surface area (Å²) < 4.78 is 1.10. The Kier molecular flexibility index (Phi) is 4.62. The summed E-state index contributed by atoms with van der Waals surface area (Å²) in [5, 5.41) is 2.61. The van der Waals surface area contributed by atoms with Crippen LogP contribution in [0, 0.1) is 0 Å². The minimum absolute atomic E-state index is 0.329. The summed E-state index contributed by atoms with van der Waals surface area (Å²) in [5.74, 6) is 0.953. The lowest BCUT2D eigenvalue weighted by Crippen LogP contribution is -2.05. The van der Waals surface area contributed by atoms with Crippen LogP contribution in [-0.4, -0.2) is 5.88 Å². The molecule has 0 aliphatic rings. The number of hydrogen-bond donors (Lipinski definition) is 0. The lowest BCUT2D eigenvalue weighted by Gasteiger charge is -2.16. The average molecular weight is 360 g/mol. The van der Waals surface area contributed by atoms with Crippen LogP contribution in [0.15, 0.2) is 71.2 Å². The van der Waals surface area contributed by atoms with Gasteiger partial charge < -0.3 is 0 Å². The molecule has 0 fully saturated rings. The van der Waals surface area contributed by atoms with Crippen LogP contribution < -0.4 is 0 Å². The molecule has 21 heavy (non-hydrogen) atoms. The summed E-state index contributed by atoms with van der Waals surface area (Å²) >= 11 is 9.78. The molecule has 0 heterocycles. The van der Waals surface area contributed by atoms with Crippen molar-refractivity contribution in [1.29, 1.82) is 0 Å². The van der Waals surface area contributed by atoms with Gasteiger partial charge in [-0.05, 0) is 40.5 Å². The first-order valence-corrected chi connectivity index (χ1v) is 8.39. The number of halogens is 2. The normalized spacial score (nSPS) is 12.5. The van der Waals surface area contributed by atoms with E-state index >= 15 is 0 Å². The van der Waals surface area contributed by atoms with E-state index in [0.717, 1.165) is 10.9 Å². The molecular weight excluding hydrogens is 344 g/mol. The highest BCUT2D eigenvalue weighted by Gasteiger charge is 2.13. The van der Waals surface area contributed by atoms with Gasteiger partial charge >= 0.3 is 0 Å². The molecule has 1 atom stereocenters. The van der Waals surface area contributed by atoms with Crippen molar-refractivity contribution in [3.8, 4) is 0 Å². The summed E-state index contributed by atoms with van der Waals surface area (Å²) in [6.07, 6.45) is 0.960. The quantitative estimate of drug-likeness (QED) is 0.489. The molecule has 0 N–H and O–H groups in total. The van der Waals surface area contributed by atoms with Crippen LogP contribution in [0.2, 0.25) is 0 Å². The van der Waals surface area contributed by atoms with E-state index in [-0.39, 0.29) is 0 Å². The first kappa shape index (κ1) is 14.6. The minimum atomic E-state index is 0.329. The molecule has 3 aromatic carbocycles. The van der Waals surface area contributed by atoms with Gasteiger partial charge in [0.15, 0.2) is 0 Å². The molecule has 0 amide bonds. The van der Waals surface area contributed by atoms with Gasteiger partial charge in [-0.2, -0.15) is 0 Å². The second kappa shape index (κ2) is 6.64. The Labute approximate surface area is 138 Å². The van der Waals surface area contributed by atoms with Crippen LogP contribution in [-0.2, 0) is 6.42 Å². The molecule has 0 bridgehead atoms. The molecule has 0 aromatic heterocycles. The van der Waals surface area contributed by atoms with E-state index in [0.29, 0.717) is 11.8 Å². The summed E-state index contributed by atoms with van der Waals surface area (Å²) in [5.41, 5.74) is 2.64. The lowest BCUT2D eigenvalue weighted by atomic mass is 9.91. The second-order valence-corrected chi connectivity index (χ2v) is 6.47.